The van der Waals surface area contributed by atoms with Crippen LogP contribution in [-0.4, -0.2) is 50.5 Å². The largest absolute Gasteiger partial charge is 0.370 e. The molecule has 0 bridgehead atoms. The summed E-state index contributed by atoms with van der Waals surface area (Å²) in [5.41, 5.74) is 2.85. The molecule has 168 valence electrons. The van der Waals surface area contributed by atoms with Crippen LogP contribution in [0.3, 0.4) is 0 Å². The predicted molar refractivity (Wildman–Crippen MR) is 124 cm³/mol. The van der Waals surface area contributed by atoms with E-state index in [1.807, 2.05) is 13.0 Å². The lowest BCUT2D eigenvalue weighted by molar-refractivity contribution is 0.0958. The first-order valence-corrected chi connectivity index (χ1v) is 12.2. The molecule has 0 aliphatic carbocycles. The Morgan fingerprint density at radius 2 is 2.00 bits per heavy atom. The number of hydrogen-bond donors (Lipinski definition) is 3. The minimum atomic E-state index is -3.09. The highest BCUT2D eigenvalue weighted by molar-refractivity contribution is 7.93. The lowest BCUT2D eigenvalue weighted by Crippen LogP contribution is -2.39. The maximum atomic E-state index is 13.4. The zero-order valence-electron chi connectivity index (χ0n) is 18.1. The van der Waals surface area contributed by atoms with Crippen LogP contribution in [0.1, 0.15) is 35.8 Å². The molecule has 32 heavy (non-hydrogen) atoms. The first-order valence-electron chi connectivity index (χ1n) is 10.6. The lowest BCUT2D eigenvalue weighted by atomic mass is 10.1. The number of pyridine rings is 3. The van der Waals surface area contributed by atoms with E-state index in [0.29, 0.717) is 59.5 Å². The van der Waals surface area contributed by atoms with E-state index in [1.165, 1.54) is 6.20 Å². The maximum Gasteiger partial charge on any atom is 0.269 e. The Labute approximate surface area is 186 Å². The normalized spacial score (nSPS) is 16.6. The first kappa shape index (κ1) is 21.9. The summed E-state index contributed by atoms with van der Waals surface area (Å²) in [6.45, 7) is 3.18. The van der Waals surface area contributed by atoms with Gasteiger partial charge in [-0.1, -0.05) is 6.92 Å². The van der Waals surface area contributed by atoms with Crippen molar-refractivity contribution in [3.8, 4) is 0 Å². The van der Waals surface area contributed by atoms with Crippen molar-refractivity contribution in [2.45, 2.75) is 36.3 Å². The van der Waals surface area contributed by atoms with Gasteiger partial charge in [0.2, 0.25) is 0 Å². The number of amides is 1. The molecular weight excluding hydrogens is 428 g/mol. The summed E-state index contributed by atoms with van der Waals surface area (Å²) in [4.78, 5) is 37.6. The summed E-state index contributed by atoms with van der Waals surface area (Å²) in [5, 5.41) is 2.24. The van der Waals surface area contributed by atoms with Crippen molar-refractivity contribution in [3.05, 3.63) is 58.3 Å². The van der Waals surface area contributed by atoms with Crippen LogP contribution in [0.25, 0.3) is 11.0 Å². The van der Waals surface area contributed by atoms with Gasteiger partial charge in [-0.15, -0.1) is 0 Å². The predicted octanol–water partition coefficient (Wildman–Crippen LogP) is 2.31. The van der Waals surface area contributed by atoms with Gasteiger partial charge in [0, 0.05) is 31.9 Å². The zero-order chi connectivity index (χ0) is 22.9. The third-order valence-corrected chi connectivity index (χ3v) is 8.29. The summed E-state index contributed by atoms with van der Waals surface area (Å²) in [5.74, 6) is -0.236. The van der Waals surface area contributed by atoms with Gasteiger partial charge in [0.1, 0.15) is 5.69 Å². The number of nitrogens with zero attached hydrogens (tertiary/aromatic N) is 3. The maximum absolute atomic E-state index is 13.4. The molecule has 1 aliphatic rings. The molecule has 0 saturated carbocycles. The van der Waals surface area contributed by atoms with E-state index < -0.39 is 9.73 Å². The lowest BCUT2D eigenvalue weighted by Gasteiger charge is -2.34. The van der Waals surface area contributed by atoms with E-state index in [0.717, 1.165) is 5.69 Å². The number of hydrogen-bond acceptors (Lipinski definition) is 7. The molecule has 9 nitrogen and oxygen atoms in total. The Morgan fingerprint density at radius 3 is 2.62 bits per heavy atom. The van der Waals surface area contributed by atoms with Gasteiger partial charge in [0.25, 0.3) is 11.5 Å². The van der Waals surface area contributed by atoms with E-state index >= 15 is 0 Å². The van der Waals surface area contributed by atoms with Crippen molar-refractivity contribution in [1.82, 2.24) is 20.3 Å². The van der Waals surface area contributed by atoms with Crippen LogP contribution in [0.4, 0.5) is 5.69 Å². The van der Waals surface area contributed by atoms with Gasteiger partial charge in [-0.3, -0.25) is 14.6 Å². The van der Waals surface area contributed by atoms with Crippen LogP contribution in [-0.2, 0) is 16.1 Å². The third kappa shape index (κ3) is 4.10. The van der Waals surface area contributed by atoms with Gasteiger partial charge in [0.15, 0.2) is 0 Å². The minimum Gasteiger partial charge on any atom is -0.370 e. The fraction of sp³-hybridized carbons (Fsp3) is 0.364. The highest BCUT2D eigenvalue weighted by Crippen LogP contribution is 2.28. The smallest absolute Gasteiger partial charge is 0.269 e. The van der Waals surface area contributed by atoms with E-state index in [9.17, 15) is 13.8 Å². The SMILES string of the molecule is CCc1cc2ncc([S@](=N)(=O)C3CCN(c4ccc(C(=O)NC)nc4)CC3)cc2[nH]c1=O. The number of piperidine rings is 1. The number of nitrogens with one attached hydrogen (secondary N) is 3. The second kappa shape index (κ2) is 8.70. The molecule has 0 radical (unpaired) electrons. The Bertz CT molecular complexity index is 1310. The van der Waals surface area contributed by atoms with Crippen LogP contribution in [0, 0.1) is 4.78 Å². The highest BCUT2D eigenvalue weighted by Gasteiger charge is 2.29. The van der Waals surface area contributed by atoms with Gasteiger partial charge < -0.3 is 15.2 Å². The molecule has 1 atom stereocenters. The number of H-pyrrole nitrogens is 1. The number of aromatic amines is 1. The second-order valence-electron chi connectivity index (χ2n) is 7.85. The zero-order valence-corrected chi connectivity index (χ0v) is 18.9. The van der Waals surface area contributed by atoms with Crippen molar-refractivity contribution in [1.29, 1.82) is 4.78 Å². The fourth-order valence-electron chi connectivity index (χ4n) is 4.01. The number of aryl methyl sites for hydroxylation is 1. The molecule has 3 aromatic rings. The number of carbonyl (C=O) groups is 1. The monoisotopic (exact) mass is 454 g/mol. The minimum absolute atomic E-state index is 0.181. The Morgan fingerprint density at radius 1 is 1.25 bits per heavy atom. The van der Waals surface area contributed by atoms with E-state index in [4.69, 9.17) is 4.78 Å². The van der Waals surface area contributed by atoms with Crippen LogP contribution in [0.2, 0.25) is 0 Å². The number of carbonyl (C=O) groups excluding carboxylic acids is 1. The third-order valence-electron chi connectivity index (χ3n) is 5.96. The molecular formula is C22H26N6O3S. The molecule has 1 amide bonds. The number of anilines is 1. The molecule has 0 spiro atoms. The fourth-order valence-corrected chi connectivity index (χ4v) is 5.77. The molecule has 3 aromatic heterocycles. The topological polar surface area (TPSA) is 132 Å². The molecule has 1 saturated heterocycles. The summed E-state index contributed by atoms with van der Waals surface area (Å²) in [7, 11) is -1.53. The van der Waals surface area contributed by atoms with Crippen molar-refractivity contribution < 1.29 is 9.00 Å². The average molecular weight is 455 g/mol. The van der Waals surface area contributed by atoms with E-state index in [-0.39, 0.29) is 16.7 Å². The Balaban J connectivity index is 1.50. The Kier molecular flexibility index (Phi) is 5.96. The average Bonchev–Trinajstić information content (AvgIpc) is 2.82. The number of rotatable bonds is 5. The van der Waals surface area contributed by atoms with E-state index in [2.05, 4.69) is 25.2 Å². The van der Waals surface area contributed by atoms with Gasteiger partial charge in [-0.05, 0) is 43.5 Å². The van der Waals surface area contributed by atoms with Crippen LogP contribution in [0.5, 0.6) is 0 Å². The van der Waals surface area contributed by atoms with Crippen LogP contribution >= 0.6 is 0 Å². The van der Waals surface area contributed by atoms with Crippen molar-refractivity contribution in [3.63, 3.8) is 0 Å². The first-order chi connectivity index (χ1) is 15.3. The molecule has 0 aromatic carbocycles. The number of aromatic nitrogens is 3. The molecule has 4 rings (SSSR count). The molecule has 1 aliphatic heterocycles. The molecule has 1 fully saturated rings. The van der Waals surface area contributed by atoms with E-state index in [1.54, 1.807) is 31.4 Å². The van der Waals surface area contributed by atoms with Gasteiger partial charge in [-0.25, -0.2) is 14.0 Å². The Hall–Kier alpha value is -3.27. The quantitative estimate of drug-likeness (QED) is 0.542. The molecule has 10 heteroatoms. The van der Waals surface area contributed by atoms with Gasteiger partial charge >= 0.3 is 0 Å². The molecule has 0 unspecified atom stereocenters. The summed E-state index contributed by atoms with van der Waals surface area (Å²) >= 11 is 0. The van der Waals surface area contributed by atoms with Crippen molar-refractivity contribution in [2.24, 2.45) is 0 Å². The second-order valence-corrected chi connectivity index (χ2v) is 10.2. The van der Waals surface area contributed by atoms with Gasteiger partial charge in [-0.2, -0.15) is 0 Å². The standard InChI is InChI=1S/C22H26N6O3S/c1-3-14-10-19-20(27-21(14)29)11-17(13-26-19)32(23,31)16-6-8-28(9-7-16)15-4-5-18(25-12-15)22(30)24-2/h4-5,10-13,16,23H,3,6-9H2,1-2H3,(H,24,30)(H,27,29)/t32-/m1/s1. The molecule has 4 heterocycles. The highest BCUT2D eigenvalue weighted by atomic mass is 32.2. The summed E-state index contributed by atoms with van der Waals surface area (Å²) < 4.78 is 22.1. The number of fused-ring (bicyclic) bond motifs is 1. The van der Waals surface area contributed by atoms with Crippen LogP contribution < -0.4 is 15.8 Å². The van der Waals surface area contributed by atoms with Gasteiger partial charge in [0.05, 0.1) is 42.8 Å². The summed E-state index contributed by atoms with van der Waals surface area (Å²) in [6.07, 6.45) is 4.94. The summed E-state index contributed by atoms with van der Waals surface area (Å²) in [6, 6.07) is 6.90. The van der Waals surface area contributed by atoms with Crippen LogP contribution in [0.15, 0.2) is 46.3 Å². The van der Waals surface area contributed by atoms with Crippen molar-refractivity contribution >= 4 is 32.4 Å². The molecule has 3 N–H and O–H groups in total. The van der Waals surface area contributed by atoms with Crippen molar-refractivity contribution in [2.75, 3.05) is 25.0 Å².